The summed E-state index contributed by atoms with van der Waals surface area (Å²) in [5.74, 6) is -0.0243. The lowest BCUT2D eigenvalue weighted by molar-refractivity contribution is 0.101. The van der Waals surface area contributed by atoms with Crippen molar-refractivity contribution in [3.05, 3.63) is 36.0 Å². The first-order valence-corrected chi connectivity index (χ1v) is 4.34. The molecule has 2 rings (SSSR count). The minimum absolute atomic E-state index is 0.0243. The van der Waals surface area contributed by atoms with Gasteiger partial charge in [-0.25, -0.2) is 4.98 Å². The topological polar surface area (TPSA) is 30.0 Å². The quantitative estimate of drug-likeness (QED) is 0.489. The number of fused-ring (bicyclic) bond motifs is 1. The van der Waals surface area contributed by atoms with Crippen LogP contribution in [0.25, 0.3) is 10.9 Å². The lowest BCUT2D eigenvalue weighted by Gasteiger charge is -2.00. The van der Waals surface area contributed by atoms with E-state index in [1.165, 1.54) is 6.92 Å². The largest absolute Gasteiger partial charge is 0.293 e. The monoisotopic (exact) mass is 181 g/mol. The molecule has 2 radical (unpaired) electrons. The van der Waals surface area contributed by atoms with Crippen LogP contribution in [0.2, 0.25) is 0 Å². The molecule has 14 heavy (non-hydrogen) atoms. The van der Waals surface area contributed by atoms with Crippen LogP contribution in [-0.2, 0) is 0 Å². The zero-order valence-electron chi connectivity index (χ0n) is 7.82. The number of carbonyl (C=O) groups excluding carboxylic acids is 1. The van der Waals surface area contributed by atoms with Gasteiger partial charge in [-0.05, 0) is 17.5 Å². The van der Waals surface area contributed by atoms with Crippen molar-refractivity contribution >= 4 is 30.0 Å². The molecule has 0 unspecified atom stereocenters. The molecule has 0 aliphatic heterocycles. The van der Waals surface area contributed by atoms with Crippen molar-refractivity contribution < 1.29 is 4.79 Å². The van der Waals surface area contributed by atoms with Crippen molar-refractivity contribution in [1.82, 2.24) is 4.98 Å². The van der Waals surface area contributed by atoms with Crippen molar-refractivity contribution in [1.29, 1.82) is 0 Å². The number of rotatable bonds is 1. The van der Waals surface area contributed by atoms with Gasteiger partial charge < -0.3 is 0 Å². The Kier molecular flexibility index (Phi) is 2.08. The number of ketones is 1. The van der Waals surface area contributed by atoms with Crippen molar-refractivity contribution in [3.8, 4) is 0 Å². The van der Waals surface area contributed by atoms with Crippen LogP contribution in [0.5, 0.6) is 0 Å². The average molecular weight is 181 g/mol. The van der Waals surface area contributed by atoms with Gasteiger partial charge >= 0.3 is 0 Å². The fourth-order valence-electron chi connectivity index (χ4n) is 1.34. The molecule has 66 valence electrons. The van der Waals surface area contributed by atoms with E-state index in [9.17, 15) is 4.79 Å². The Labute approximate surface area is 83.4 Å². The maximum Gasteiger partial charge on any atom is 0.178 e. The number of Topliss-reactive ketones (excluding diaryl/α,β-unsaturated/α-hetero) is 1. The van der Waals surface area contributed by atoms with Crippen molar-refractivity contribution in [2.24, 2.45) is 0 Å². The summed E-state index contributed by atoms with van der Waals surface area (Å²) in [6.45, 7) is 1.51. The summed E-state index contributed by atoms with van der Waals surface area (Å²) < 4.78 is 0. The highest BCUT2D eigenvalue weighted by Gasteiger charge is 2.01. The number of carbonyl (C=O) groups is 1. The number of aromatic nitrogens is 1. The van der Waals surface area contributed by atoms with Crippen molar-refractivity contribution in [2.45, 2.75) is 6.92 Å². The predicted octanol–water partition coefficient (Wildman–Crippen LogP) is 1.23. The third-order valence-electron chi connectivity index (χ3n) is 2.07. The van der Waals surface area contributed by atoms with Gasteiger partial charge in [0, 0.05) is 6.92 Å². The Morgan fingerprint density at radius 3 is 2.79 bits per heavy atom. The first kappa shape index (κ1) is 8.94. The molecule has 3 heteroatoms. The highest BCUT2D eigenvalue weighted by Crippen LogP contribution is 2.10. The maximum atomic E-state index is 11.1. The molecule has 1 heterocycles. The lowest BCUT2D eigenvalue weighted by Crippen LogP contribution is -2.02. The van der Waals surface area contributed by atoms with Crippen LogP contribution in [0.4, 0.5) is 0 Å². The van der Waals surface area contributed by atoms with Gasteiger partial charge in [-0.2, -0.15) is 0 Å². The summed E-state index contributed by atoms with van der Waals surface area (Å²) in [5, 5.41) is 0.954. The van der Waals surface area contributed by atoms with Gasteiger partial charge in [-0.1, -0.05) is 23.7 Å². The second kappa shape index (κ2) is 3.26. The first-order valence-electron chi connectivity index (χ1n) is 4.34. The molecular formula is C11H8BNO. The Balaban J connectivity index is 2.67. The van der Waals surface area contributed by atoms with Crippen LogP contribution >= 0.6 is 0 Å². The van der Waals surface area contributed by atoms with E-state index in [-0.39, 0.29) is 5.78 Å². The summed E-state index contributed by atoms with van der Waals surface area (Å²) in [6.07, 6.45) is 0. The van der Waals surface area contributed by atoms with Crippen LogP contribution < -0.4 is 5.46 Å². The highest BCUT2D eigenvalue weighted by molar-refractivity contribution is 6.33. The Hall–Kier alpha value is -1.64. The van der Waals surface area contributed by atoms with Crippen LogP contribution in [0.1, 0.15) is 17.4 Å². The molecule has 1 aromatic heterocycles. The fraction of sp³-hybridized carbons (Fsp3) is 0.0909. The second-order valence-electron chi connectivity index (χ2n) is 3.20. The molecule has 1 aromatic carbocycles. The molecule has 0 bridgehead atoms. The molecule has 0 saturated carbocycles. The van der Waals surface area contributed by atoms with Gasteiger partial charge in [0.2, 0.25) is 0 Å². The van der Waals surface area contributed by atoms with Gasteiger partial charge in [-0.3, -0.25) is 4.79 Å². The SMILES string of the molecule is [B]c1ccc2nc(C(C)=O)ccc2c1. The zero-order valence-corrected chi connectivity index (χ0v) is 7.82. The summed E-state index contributed by atoms with van der Waals surface area (Å²) >= 11 is 0. The minimum atomic E-state index is -0.0243. The van der Waals surface area contributed by atoms with Gasteiger partial charge in [0.1, 0.15) is 13.5 Å². The molecule has 2 aromatic rings. The highest BCUT2D eigenvalue weighted by atomic mass is 16.1. The Bertz CT molecular complexity index is 508. The summed E-state index contributed by atoms with van der Waals surface area (Å²) in [6, 6.07) is 9.00. The van der Waals surface area contributed by atoms with Crippen LogP contribution in [0.3, 0.4) is 0 Å². The molecule has 0 atom stereocenters. The average Bonchev–Trinajstić information content (AvgIpc) is 2.16. The summed E-state index contributed by atoms with van der Waals surface area (Å²) in [5.41, 5.74) is 1.99. The van der Waals surface area contributed by atoms with Gasteiger partial charge in [0.05, 0.1) is 5.52 Å². The van der Waals surface area contributed by atoms with E-state index in [0.29, 0.717) is 11.2 Å². The van der Waals surface area contributed by atoms with Gasteiger partial charge in [0.15, 0.2) is 5.78 Å². The zero-order chi connectivity index (χ0) is 10.1. The Morgan fingerprint density at radius 1 is 1.29 bits per heavy atom. The number of nitrogens with zero attached hydrogens (tertiary/aromatic N) is 1. The summed E-state index contributed by atoms with van der Waals surface area (Å²) in [7, 11) is 5.63. The van der Waals surface area contributed by atoms with E-state index in [1.54, 1.807) is 12.1 Å². The molecule has 0 fully saturated rings. The van der Waals surface area contributed by atoms with E-state index >= 15 is 0 Å². The third kappa shape index (κ3) is 1.53. The predicted molar refractivity (Wildman–Crippen MR) is 57.1 cm³/mol. The van der Waals surface area contributed by atoms with Gasteiger partial charge in [-0.15, -0.1) is 0 Å². The minimum Gasteiger partial charge on any atom is -0.293 e. The molecule has 0 spiro atoms. The molecule has 0 aliphatic carbocycles. The number of pyridine rings is 1. The molecular weight excluding hydrogens is 173 g/mol. The van der Waals surface area contributed by atoms with Crippen molar-refractivity contribution in [3.63, 3.8) is 0 Å². The smallest absolute Gasteiger partial charge is 0.178 e. The Morgan fingerprint density at radius 2 is 2.07 bits per heavy atom. The fourth-order valence-corrected chi connectivity index (χ4v) is 1.34. The molecule has 0 aliphatic rings. The number of hydrogen-bond acceptors (Lipinski definition) is 2. The third-order valence-corrected chi connectivity index (χ3v) is 2.07. The molecule has 0 saturated heterocycles. The van der Waals surface area contributed by atoms with E-state index in [2.05, 4.69) is 4.98 Å². The molecule has 0 N–H and O–H groups in total. The number of hydrogen-bond donors (Lipinski definition) is 0. The van der Waals surface area contributed by atoms with Gasteiger partial charge in [0.25, 0.3) is 0 Å². The molecule has 2 nitrogen and oxygen atoms in total. The van der Waals surface area contributed by atoms with E-state index < -0.39 is 0 Å². The van der Waals surface area contributed by atoms with E-state index in [0.717, 1.165) is 10.9 Å². The maximum absolute atomic E-state index is 11.1. The van der Waals surface area contributed by atoms with Crippen LogP contribution in [0.15, 0.2) is 30.3 Å². The van der Waals surface area contributed by atoms with Crippen molar-refractivity contribution in [2.75, 3.05) is 0 Å². The van der Waals surface area contributed by atoms with E-state index in [1.807, 2.05) is 18.2 Å². The molecule has 0 amide bonds. The van der Waals surface area contributed by atoms with E-state index in [4.69, 9.17) is 7.85 Å². The second-order valence-corrected chi connectivity index (χ2v) is 3.20. The first-order chi connectivity index (χ1) is 6.66. The van der Waals surface area contributed by atoms with Crippen LogP contribution in [-0.4, -0.2) is 18.6 Å². The lowest BCUT2D eigenvalue weighted by atomic mass is 9.95. The number of benzene rings is 1. The summed E-state index contributed by atoms with van der Waals surface area (Å²) in [4.78, 5) is 15.3. The van der Waals surface area contributed by atoms with Crippen LogP contribution in [0, 0.1) is 0 Å². The normalized spacial score (nSPS) is 10.4. The standard InChI is InChI=1S/C11H8BNO/c1-7(14)10-4-2-8-6-9(12)3-5-11(8)13-10/h2-6H,1H3.